The Morgan fingerprint density at radius 1 is 1.57 bits per heavy atom. The van der Waals surface area contributed by atoms with Gasteiger partial charge in [-0.2, -0.15) is 5.10 Å². The van der Waals surface area contributed by atoms with Crippen molar-refractivity contribution in [1.82, 2.24) is 15.5 Å². The monoisotopic (exact) mass is 195 g/mol. The molecule has 1 heterocycles. The minimum atomic E-state index is 0.601. The van der Waals surface area contributed by atoms with Crippen molar-refractivity contribution in [2.45, 2.75) is 52.6 Å². The molecule has 0 fully saturated rings. The van der Waals surface area contributed by atoms with Crippen molar-refractivity contribution in [3.05, 3.63) is 17.5 Å². The summed E-state index contributed by atoms with van der Waals surface area (Å²) in [7, 11) is 0. The highest BCUT2D eigenvalue weighted by atomic mass is 15.1. The van der Waals surface area contributed by atoms with E-state index in [4.69, 9.17) is 0 Å². The summed E-state index contributed by atoms with van der Waals surface area (Å²) in [5.74, 6) is 0. The molecule has 1 aromatic rings. The molecule has 0 aromatic carbocycles. The number of aromatic nitrogens is 2. The Bertz CT molecular complexity index is 255. The van der Waals surface area contributed by atoms with Gasteiger partial charge in [0.05, 0.1) is 6.20 Å². The molecule has 0 saturated carbocycles. The van der Waals surface area contributed by atoms with Crippen LogP contribution in [0.15, 0.2) is 6.20 Å². The quantitative estimate of drug-likeness (QED) is 0.731. The largest absolute Gasteiger partial charge is 0.310 e. The Morgan fingerprint density at radius 2 is 2.36 bits per heavy atom. The molecule has 0 aliphatic rings. The van der Waals surface area contributed by atoms with Crippen molar-refractivity contribution in [2.75, 3.05) is 0 Å². The van der Waals surface area contributed by atoms with Crippen LogP contribution < -0.4 is 5.32 Å². The minimum Gasteiger partial charge on any atom is -0.310 e. The predicted molar refractivity (Wildman–Crippen MR) is 59.2 cm³/mol. The van der Waals surface area contributed by atoms with Crippen LogP contribution in [-0.2, 0) is 6.54 Å². The maximum atomic E-state index is 4.00. The molecule has 14 heavy (non-hydrogen) atoms. The third-order valence-electron chi connectivity index (χ3n) is 2.57. The highest BCUT2D eigenvalue weighted by Crippen LogP contribution is 2.04. The van der Waals surface area contributed by atoms with Gasteiger partial charge in [-0.15, -0.1) is 0 Å². The first-order valence-corrected chi connectivity index (χ1v) is 5.46. The zero-order chi connectivity index (χ0) is 10.4. The first-order chi connectivity index (χ1) is 6.74. The lowest BCUT2D eigenvalue weighted by atomic mass is 10.1. The standard InChI is InChI=1S/C11H21N3/c1-4-5-6-9(2)12-7-11-8-13-14-10(11)3/h8-9,12H,4-7H2,1-3H3,(H,13,14). The number of H-pyrrole nitrogens is 1. The lowest BCUT2D eigenvalue weighted by Crippen LogP contribution is -2.25. The van der Waals surface area contributed by atoms with E-state index in [0.29, 0.717) is 6.04 Å². The number of rotatable bonds is 6. The molecule has 0 aliphatic heterocycles. The SMILES string of the molecule is CCCCC(C)NCc1cn[nH]c1C. The van der Waals surface area contributed by atoms with E-state index in [-0.39, 0.29) is 0 Å². The van der Waals surface area contributed by atoms with Crippen LogP contribution in [0.5, 0.6) is 0 Å². The summed E-state index contributed by atoms with van der Waals surface area (Å²) in [6.07, 6.45) is 5.73. The third kappa shape index (κ3) is 3.50. The van der Waals surface area contributed by atoms with E-state index in [2.05, 4.69) is 36.3 Å². The van der Waals surface area contributed by atoms with Gasteiger partial charge in [0.25, 0.3) is 0 Å². The van der Waals surface area contributed by atoms with Crippen LogP contribution in [0.2, 0.25) is 0 Å². The Balaban J connectivity index is 2.23. The minimum absolute atomic E-state index is 0.601. The van der Waals surface area contributed by atoms with E-state index in [1.54, 1.807) is 0 Å². The Morgan fingerprint density at radius 3 is 2.93 bits per heavy atom. The Labute approximate surface area is 86.3 Å². The van der Waals surface area contributed by atoms with Gasteiger partial charge in [0, 0.05) is 23.8 Å². The molecular weight excluding hydrogens is 174 g/mol. The summed E-state index contributed by atoms with van der Waals surface area (Å²) in [5.41, 5.74) is 2.44. The topological polar surface area (TPSA) is 40.7 Å². The van der Waals surface area contributed by atoms with E-state index in [0.717, 1.165) is 6.54 Å². The summed E-state index contributed by atoms with van der Waals surface area (Å²) < 4.78 is 0. The van der Waals surface area contributed by atoms with Gasteiger partial charge < -0.3 is 5.32 Å². The average Bonchev–Trinajstić information content (AvgIpc) is 2.58. The highest BCUT2D eigenvalue weighted by molar-refractivity contribution is 5.13. The fourth-order valence-corrected chi connectivity index (χ4v) is 1.45. The number of hydrogen-bond donors (Lipinski definition) is 2. The zero-order valence-electron chi connectivity index (χ0n) is 9.43. The normalized spacial score (nSPS) is 13.1. The van der Waals surface area contributed by atoms with Gasteiger partial charge in [0.15, 0.2) is 0 Å². The van der Waals surface area contributed by atoms with Crippen molar-refractivity contribution < 1.29 is 0 Å². The van der Waals surface area contributed by atoms with E-state index in [1.165, 1.54) is 30.5 Å². The summed E-state index contributed by atoms with van der Waals surface area (Å²) in [6, 6.07) is 0.601. The molecular formula is C11H21N3. The van der Waals surface area contributed by atoms with Gasteiger partial charge in [-0.3, -0.25) is 5.10 Å². The number of aromatic amines is 1. The summed E-state index contributed by atoms with van der Waals surface area (Å²) >= 11 is 0. The molecule has 3 nitrogen and oxygen atoms in total. The first-order valence-electron chi connectivity index (χ1n) is 5.46. The van der Waals surface area contributed by atoms with Crippen molar-refractivity contribution in [3.63, 3.8) is 0 Å². The molecule has 80 valence electrons. The molecule has 0 amide bonds. The van der Waals surface area contributed by atoms with Crippen LogP contribution in [0.3, 0.4) is 0 Å². The van der Waals surface area contributed by atoms with Crippen molar-refractivity contribution in [1.29, 1.82) is 0 Å². The summed E-state index contributed by atoms with van der Waals surface area (Å²) in [5, 5.41) is 10.4. The maximum absolute atomic E-state index is 4.00. The molecule has 0 aliphatic carbocycles. The number of unbranched alkanes of at least 4 members (excludes halogenated alkanes) is 1. The van der Waals surface area contributed by atoms with E-state index >= 15 is 0 Å². The van der Waals surface area contributed by atoms with Crippen LogP contribution in [0.25, 0.3) is 0 Å². The summed E-state index contributed by atoms with van der Waals surface area (Å²) in [4.78, 5) is 0. The number of aryl methyl sites for hydroxylation is 1. The van der Waals surface area contributed by atoms with E-state index in [9.17, 15) is 0 Å². The number of hydrogen-bond acceptors (Lipinski definition) is 2. The van der Waals surface area contributed by atoms with Crippen LogP contribution in [0.4, 0.5) is 0 Å². The summed E-state index contributed by atoms with van der Waals surface area (Å²) in [6.45, 7) is 7.45. The van der Waals surface area contributed by atoms with Crippen molar-refractivity contribution in [3.8, 4) is 0 Å². The van der Waals surface area contributed by atoms with Gasteiger partial charge in [-0.05, 0) is 20.3 Å². The second-order valence-electron chi connectivity index (χ2n) is 3.94. The maximum Gasteiger partial charge on any atom is 0.0535 e. The second-order valence-corrected chi connectivity index (χ2v) is 3.94. The molecule has 0 spiro atoms. The average molecular weight is 195 g/mol. The lowest BCUT2D eigenvalue weighted by molar-refractivity contribution is 0.494. The van der Waals surface area contributed by atoms with Crippen LogP contribution >= 0.6 is 0 Å². The third-order valence-corrected chi connectivity index (χ3v) is 2.57. The Hall–Kier alpha value is -0.830. The van der Waals surface area contributed by atoms with Gasteiger partial charge in [-0.1, -0.05) is 19.8 Å². The molecule has 1 rings (SSSR count). The van der Waals surface area contributed by atoms with E-state index in [1.807, 2.05) is 6.20 Å². The molecule has 1 unspecified atom stereocenters. The molecule has 2 N–H and O–H groups in total. The lowest BCUT2D eigenvalue weighted by Gasteiger charge is -2.12. The fourth-order valence-electron chi connectivity index (χ4n) is 1.45. The molecule has 0 radical (unpaired) electrons. The van der Waals surface area contributed by atoms with Gasteiger partial charge >= 0.3 is 0 Å². The smallest absolute Gasteiger partial charge is 0.0535 e. The van der Waals surface area contributed by atoms with Gasteiger partial charge in [0.2, 0.25) is 0 Å². The number of nitrogens with zero attached hydrogens (tertiary/aromatic N) is 1. The van der Waals surface area contributed by atoms with E-state index < -0.39 is 0 Å². The molecule has 1 atom stereocenters. The fraction of sp³-hybridized carbons (Fsp3) is 0.727. The van der Waals surface area contributed by atoms with Crippen molar-refractivity contribution in [2.24, 2.45) is 0 Å². The second kappa shape index (κ2) is 5.81. The molecule has 0 bridgehead atoms. The zero-order valence-corrected chi connectivity index (χ0v) is 9.43. The molecule has 3 heteroatoms. The highest BCUT2D eigenvalue weighted by Gasteiger charge is 2.03. The van der Waals surface area contributed by atoms with Crippen LogP contribution in [0, 0.1) is 6.92 Å². The van der Waals surface area contributed by atoms with Crippen molar-refractivity contribution >= 4 is 0 Å². The molecule has 1 aromatic heterocycles. The van der Waals surface area contributed by atoms with Crippen LogP contribution in [-0.4, -0.2) is 16.2 Å². The number of nitrogens with one attached hydrogen (secondary N) is 2. The Kier molecular flexibility index (Phi) is 4.66. The van der Waals surface area contributed by atoms with Gasteiger partial charge in [0.1, 0.15) is 0 Å². The first kappa shape index (κ1) is 11.2. The predicted octanol–water partition coefficient (Wildman–Crippen LogP) is 2.39. The molecule has 0 saturated heterocycles. The van der Waals surface area contributed by atoms with Gasteiger partial charge in [-0.25, -0.2) is 0 Å². The van der Waals surface area contributed by atoms with Crippen LogP contribution in [0.1, 0.15) is 44.4 Å².